The van der Waals surface area contributed by atoms with Crippen LogP contribution in [0.1, 0.15) is 11.1 Å². The van der Waals surface area contributed by atoms with Crippen LogP contribution >= 0.6 is 23.4 Å². The minimum atomic E-state index is -0.526. The number of aryl methyl sites for hydroxylation is 2. The molecule has 0 aliphatic carbocycles. The van der Waals surface area contributed by atoms with E-state index in [2.05, 4.69) is 39.8 Å². The van der Waals surface area contributed by atoms with Crippen molar-refractivity contribution < 1.29 is 9.18 Å². The number of nitrogens with one attached hydrogen (secondary N) is 1. The van der Waals surface area contributed by atoms with Crippen molar-refractivity contribution in [3.05, 3.63) is 64.4 Å². The Morgan fingerprint density at radius 1 is 1.18 bits per heavy atom. The zero-order valence-electron chi connectivity index (χ0n) is 15.2. The first-order valence-corrected chi connectivity index (χ1v) is 9.91. The number of benzene rings is 2. The number of rotatable bonds is 4. The highest BCUT2D eigenvalue weighted by atomic mass is 35.5. The Bertz CT molecular complexity index is 1220. The van der Waals surface area contributed by atoms with Crippen LogP contribution in [-0.2, 0) is 4.79 Å². The quantitative estimate of drug-likeness (QED) is 0.476. The number of nitrogens with zero attached hydrogens (tertiary/aromatic N) is 3. The Labute approximate surface area is 169 Å². The first kappa shape index (κ1) is 18.7. The Kier molecular flexibility index (Phi) is 4.95. The van der Waals surface area contributed by atoms with Crippen LogP contribution in [0, 0.1) is 19.7 Å². The summed E-state index contributed by atoms with van der Waals surface area (Å²) in [6.45, 7) is 4.02. The number of thioether (sulfide) groups is 1. The molecule has 0 fully saturated rings. The zero-order chi connectivity index (χ0) is 19.8. The maximum absolute atomic E-state index is 13.2. The molecule has 2 aromatic heterocycles. The Morgan fingerprint density at radius 2 is 2.00 bits per heavy atom. The number of aromatic nitrogens is 3. The average molecular weight is 415 g/mol. The van der Waals surface area contributed by atoms with Gasteiger partial charge in [-0.2, -0.15) is 0 Å². The third-order valence-corrected chi connectivity index (χ3v) is 5.54. The van der Waals surface area contributed by atoms with Gasteiger partial charge in [0.25, 0.3) is 0 Å². The van der Waals surface area contributed by atoms with Crippen LogP contribution in [0.4, 0.5) is 10.1 Å². The van der Waals surface area contributed by atoms with Crippen molar-refractivity contribution in [3.63, 3.8) is 0 Å². The smallest absolute Gasteiger partial charge is 0.234 e. The summed E-state index contributed by atoms with van der Waals surface area (Å²) in [5.74, 6) is -0.629. The summed E-state index contributed by atoms with van der Waals surface area (Å²) in [5.41, 5.74) is 4.36. The standard InChI is InChI=1S/C20H16ClFN4OS/c1-11-3-4-13-8-12(2)19-24-25-20(26(19)17(13)7-11)28-10-18(27)23-14-5-6-16(22)15(21)9-14/h3-9H,10H2,1-2H3,(H,23,27). The summed E-state index contributed by atoms with van der Waals surface area (Å²) < 4.78 is 15.2. The van der Waals surface area contributed by atoms with E-state index in [1.807, 2.05) is 18.2 Å². The Balaban J connectivity index is 1.59. The first-order chi connectivity index (χ1) is 13.4. The lowest BCUT2D eigenvalue weighted by Crippen LogP contribution is -2.14. The number of amides is 1. The molecule has 0 bridgehead atoms. The van der Waals surface area contributed by atoms with Gasteiger partial charge in [0.2, 0.25) is 5.91 Å². The fraction of sp³-hybridized carbons (Fsp3) is 0.150. The minimum Gasteiger partial charge on any atom is -0.325 e. The molecule has 0 radical (unpaired) electrons. The molecule has 28 heavy (non-hydrogen) atoms. The van der Waals surface area contributed by atoms with E-state index in [0.29, 0.717) is 10.8 Å². The molecule has 0 atom stereocenters. The van der Waals surface area contributed by atoms with Crippen molar-refractivity contribution in [2.45, 2.75) is 19.0 Å². The number of pyridine rings is 1. The van der Waals surface area contributed by atoms with Gasteiger partial charge in [0.1, 0.15) is 5.82 Å². The third-order valence-electron chi connectivity index (χ3n) is 4.32. The lowest BCUT2D eigenvalue weighted by molar-refractivity contribution is -0.113. The van der Waals surface area contributed by atoms with Crippen molar-refractivity contribution in [2.24, 2.45) is 0 Å². The van der Waals surface area contributed by atoms with Gasteiger partial charge >= 0.3 is 0 Å². The number of carbonyl (C=O) groups excluding carboxylic acids is 1. The van der Waals surface area contributed by atoms with Crippen LogP contribution in [0.15, 0.2) is 47.6 Å². The number of anilines is 1. The topological polar surface area (TPSA) is 59.3 Å². The molecule has 0 aliphatic heterocycles. The summed E-state index contributed by atoms with van der Waals surface area (Å²) in [7, 11) is 0. The van der Waals surface area contributed by atoms with E-state index in [4.69, 9.17) is 11.6 Å². The van der Waals surface area contributed by atoms with Crippen LogP contribution in [0.25, 0.3) is 16.6 Å². The van der Waals surface area contributed by atoms with E-state index in [-0.39, 0.29) is 16.7 Å². The SMILES string of the molecule is Cc1ccc2cc(C)c3nnc(SCC(=O)Nc4ccc(F)c(Cl)c4)n3c2c1. The van der Waals surface area contributed by atoms with Crippen LogP contribution in [0.3, 0.4) is 0 Å². The van der Waals surface area contributed by atoms with E-state index < -0.39 is 5.82 Å². The molecule has 4 aromatic rings. The summed E-state index contributed by atoms with van der Waals surface area (Å²) >= 11 is 7.04. The number of carbonyl (C=O) groups is 1. The van der Waals surface area contributed by atoms with Gasteiger partial charge < -0.3 is 5.32 Å². The fourth-order valence-corrected chi connectivity index (χ4v) is 3.93. The molecule has 0 spiro atoms. The molecule has 142 valence electrons. The van der Waals surface area contributed by atoms with Crippen molar-refractivity contribution in [1.29, 1.82) is 0 Å². The lowest BCUT2D eigenvalue weighted by atomic mass is 10.1. The van der Waals surface area contributed by atoms with Gasteiger partial charge in [-0.15, -0.1) is 10.2 Å². The van der Waals surface area contributed by atoms with Gasteiger partial charge in [0, 0.05) is 5.69 Å². The minimum absolute atomic E-state index is 0.0359. The van der Waals surface area contributed by atoms with E-state index >= 15 is 0 Å². The zero-order valence-corrected chi connectivity index (χ0v) is 16.7. The van der Waals surface area contributed by atoms with E-state index in [1.54, 1.807) is 0 Å². The maximum Gasteiger partial charge on any atom is 0.234 e. The first-order valence-electron chi connectivity index (χ1n) is 8.55. The molecule has 2 aromatic carbocycles. The van der Waals surface area contributed by atoms with Crippen LogP contribution in [0.5, 0.6) is 0 Å². The van der Waals surface area contributed by atoms with Crippen molar-refractivity contribution in [1.82, 2.24) is 14.6 Å². The predicted molar refractivity (Wildman–Crippen MR) is 111 cm³/mol. The molecule has 0 unspecified atom stereocenters. The summed E-state index contributed by atoms with van der Waals surface area (Å²) in [4.78, 5) is 12.3. The molecule has 0 saturated heterocycles. The number of halogens is 2. The molecule has 5 nitrogen and oxygen atoms in total. The van der Waals surface area contributed by atoms with Gasteiger partial charge in [0.15, 0.2) is 10.8 Å². The molecule has 1 amide bonds. The van der Waals surface area contributed by atoms with Crippen LogP contribution < -0.4 is 5.32 Å². The van der Waals surface area contributed by atoms with Crippen molar-refractivity contribution >= 4 is 51.5 Å². The molecule has 1 N–H and O–H groups in total. The van der Waals surface area contributed by atoms with Crippen molar-refractivity contribution in [3.8, 4) is 0 Å². The number of hydrogen-bond acceptors (Lipinski definition) is 4. The van der Waals surface area contributed by atoms with Gasteiger partial charge in [-0.1, -0.05) is 35.5 Å². The Hall–Kier alpha value is -2.64. The van der Waals surface area contributed by atoms with Crippen LogP contribution in [-0.4, -0.2) is 26.3 Å². The van der Waals surface area contributed by atoms with Crippen molar-refractivity contribution in [2.75, 3.05) is 11.1 Å². The highest BCUT2D eigenvalue weighted by Crippen LogP contribution is 2.26. The Morgan fingerprint density at radius 3 is 2.79 bits per heavy atom. The highest BCUT2D eigenvalue weighted by molar-refractivity contribution is 7.99. The highest BCUT2D eigenvalue weighted by Gasteiger charge is 2.14. The summed E-state index contributed by atoms with van der Waals surface area (Å²) in [6.07, 6.45) is 0. The van der Waals surface area contributed by atoms with Gasteiger partial charge in [-0.3, -0.25) is 9.20 Å². The molecule has 8 heteroatoms. The second-order valence-corrected chi connectivity index (χ2v) is 7.85. The van der Waals surface area contributed by atoms with Gasteiger partial charge in [-0.25, -0.2) is 4.39 Å². The molecular formula is C20H16ClFN4OS. The molecule has 0 aliphatic rings. The number of fused-ring (bicyclic) bond motifs is 3. The maximum atomic E-state index is 13.2. The second-order valence-electron chi connectivity index (χ2n) is 6.50. The number of hydrogen-bond donors (Lipinski definition) is 1. The van der Waals surface area contributed by atoms with E-state index in [0.717, 1.165) is 27.7 Å². The van der Waals surface area contributed by atoms with E-state index in [1.165, 1.54) is 30.0 Å². The average Bonchev–Trinajstić information content (AvgIpc) is 3.09. The third kappa shape index (κ3) is 3.55. The molecule has 0 saturated carbocycles. The monoisotopic (exact) mass is 414 g/mol. The summed E-state index contributed by atoms with van der Waals surface area (Å²) in [5, 5.41) is 12.9. The molecule has 2 heterocycles. The van der Waals surface area contributed by atoms with Gasteiger partial charge in [0.05, 0.1) is 16.3 Å². The lowest BCUT2D eigenvalue weighted by Gasteiger charge is -2.08. The van der Waals surface area contributed by atoms with Crippen LogP contribution in [0.2, 0.25) is 5.02 Å². The predicted octanol–water partition coefficient (Wildman–Crippen LogP) is 5.02. The summed E-state index contributed by atoms with van der Waals surface area (Å²) in [6, 6.07) is 12.4. The molecular weight excluding hydrogens is 399 g/mol. The van der Waals surface area contributed by atoms with Gasteiger partial charge in [-0.05, 0) is 60.7 Å². The second kappa shape index (κ2) is 7.41. The van der Waals surface area contributed by atoms with E-state index in [9.17, 15) is 9.18 Å². The largest absolute Gasteiger partial charge is 0.325 e. The normalized spacial score (nSPS) is 11.3. The molecule has 4 rings (SSSR count). The fourth-order valence-electron chi connectivity index (χ4n) is 3.00.